The highest BCUT2D eigenvalue weighted by Gasteiger charge is 2.25. The first kappa shape index (κ1) is 53.5. The maximum atomic E-state index is 12.6. The van der Waals surface area contributed by atoms with Crippen molar-refractivity contribution in [3.63, 3.8) is 0 Å². The number of hydrogen-bond donors (Lipinski definition) is 4. The lowest BCUT2D eigenvalue weighted by molar-refractivity contribution is -0.123. The molecular formula is C46H94NO6P. The van der Waals surface area contributed by atoms with Gasteiger partial charge in [-0.15, -0.1) is 0 Å². The van der Waals surface area contributed by atoms with E-state index in [9.17, 15) is 14.5 Å². The summed E-state index contributed by atoms with van der Waals surface area (Å²) in [7, 11) is -4.68. The van der Waals surface area contributed by atoms with E-state index in [0.717, 1.165) is 38.5 Å². The first-order valence-corrected chi connectivity index (χ1v) is 25.5. The van der Waals surface area contributed by atoms with E-state index in [0.29, 0.717) is 12.8 Å². The molecule has 0 spiro atoms. The average Bonchev–Trinajstić information content (AvgIpc) is 3.14. The van der Waals surface area contributed by atoms with Gasteiger partial charge >= 0.3 is 7.82 Å². The van der Waals surface area contributed by atoms with Crippen molar-refractivity contribution in [1.82, 2.24) is 5.32 Å². The number of carbonyl (C=O) groups excluding carboxylic acids is 1. The van der Waals surface area contributed by atoms with E-state index in [1.165, 1.54) is 205 Å². The normalized spacial score (nSPS) is 13.1. The number of unbranched alkanes of at least 4 members (excludes halogenated alkanes) is 36. The Morgan fingerprint density at radius 2 is 0.722 bits per heavy atom. The molecule has 1 amide bonds. The van der Waals surface area contributed by atoms with Crippen molar-refractivity contribution in [3.8, 4) is 0 Å². The third-order valence-corrected chi connectivity index (χ3v) is 11.8. The van der Waals surface area contributed by atoms with Crippen LogP contribution in [0.3, 0.4) is 0 Å². The second kappa shape index (κ2) is 42.2. The van der Waals surface area contributed by atoms with E-state index in [4.69, 9.17) is 9.79 Å². The molecule has 54 heavy (non-hydrogen) atoms. The molecule has 0 radical (unpaired) electrons. The number of carbonyl (C=O) groups is 1. The number of rotatable bonds is 45. The fraction of sp³-hybridized carbons (Fsp3) is 0.978. The zero-order chi connectivity index (χ0) is 39.6. The molecule has 0 aromatic heterocycles. The Kier molecular flexibility index (Phi) is 41.8. The fourth-order valence-electron chi connectivity index (χ4n) is 7.70. The van der Waals surface area contributed by atoms with Gasteiger partial charge in [0.25, 0.3) is 0 Å². The minimum Gasteiger partial charge on any atom is -0.391 e. The molecule has 0 aromatic rings. The van der Waals surface area contributed by atoms with Crippen molar-refractivity contribution in [2.45, 2.75) is 283 Å². The Morgan fingerprint density at radius 1 is 0.463 bits per heavy atom. The molecule has 0 fully saturated rings. The van der Waals surface area contributed by atoms with Crippen LogP contribution in [0.15, 0.2) is 0 Å². The van der Waals surface area contributed by atoms with Crippen LogP contribution in [0.4, 0.5) is 0 Å². The lowest BCUT2D eigenvalue weighted by Gasteiger charge is -2.24. The van der Waals surface area contributed by atoms with Crippen molar-refractivity contribution >= 4 is 13.7 Å². The smallest absolute Gasteiger partial charge is 0.391 e. The molecule has 0 saturated carbocycles. The Bertz CT molecular complexity index is 808. The Labute approximate surface area is 336 Å². The minimum absolute atomic E-state index is 0.189. The summed E-state index contributed by atoms with van der Waals surface area (Å²) in [6.45, 7) is 4.13. The third-order valence-electron chi connectivity index (χ3n) is 11.3. The fourth-order valence-corrected chi connectivity index (χ4v) is 8.06. The maximum Gasteiger partial charge on any atom is 0.469 e. The molecule has 0 bridgehead atoms. The van der Waals surface area contributed by atoms with Gasteiger partial charge in [0.05, 0.1) is 18.8 Å². The molecule has 4 N–H and O–H groups in total. The van der Waals surface area contributed by atoms with Crippen LogP contribution in [0.25, 0.3) is 0 Å². The summed E-state index contributed by atoms with van der Waals surface area (Å²) in [5.41, 5.74) is 0. The third kappa shape index (κ3) is 42.7. The van der Waals surface area contributed by atoms with Gasteiger partial charge in [0, 0.05) is 6.42 Å². The molecule has 7 nitrogen and oxygen atoms in total. The molecule has 0 aliphatic heterocycles. The molecule has 0 unspecified atom stereocenters. The summed E-state index contributed by atoms with van der Waals surface area (Å²) in [5.74, 6) is -0.189. The van der Waals surface area contributed by atoms with Gasteiger partial charge in [0.1, 0.15) is 0 Å². The van der Waals surface area contributed by atoms with Crippen LogP contribution in [0.1, 0.15) is 271 Å². The highest BCUT2D eigenvalue weighted by molar-refractivity contribution is 7.46. The number of aliphatic hydroxyl groups excluding tert-OH is 1. The lowest BCUT2D eigenvalue weighted by atomic mass is 10.0. The van der Waals surface area contributed by atoms with Gasteiger partial charge in [-0.2, -0.15) is 0 Å². The second-order valence-electron chi connectivity index (χ2n) is 16.8. The highest BCUT2D eigenvalue weighted by atomic mass is 31.2. The van der Waals surface area contributed by atoms with E-state index < -0.39 is 26.6 Å². The summed E-state index contributed by atoms with van der Waals surface area (Å²) in [4.78, 5) is 30.9. The molecule has 0 heterocycles. The van der Waals surface area contributed by atoms with Gasteiger partial charge in [-0.25, -0.2) is 4.57 Å². The Morgan fingerprint density at radius 3 is 1.00 bits per heavy atom. The number of phosphoric ester groups is 1. The SMILES string of the molecule is CCCCCCCCCCCCCCCCCCCCCCCCCCCCCCC(=O)N[C@@H](COP(=O)(O)O)[C@H](O)CCCCCCCCCCCC. The van der Waals surface area contributed by atoms with E-state index >= 15 is 0 Å². The van der Waals surface area contributed by atoms with Gasteiger partial charge < -0.3 is 20.2 Å². The number of amides is 1. The maximum absolute atomic E-state index is 12.6. The topological polar surface area (TPSA) is 116 Å². The van der Waals surface area contributed by atoms with Gasteiger partial charge in [-0.1, -0.05) is 251 Å². The van der Waals surface area contributed by atoms with Crippen LogP contribution in [-0.4, -0.2) is 39.6 Å². The minimum atomic E-state index is -4.68. The van der Waals surface area contributed by atoms with Crippen molar-refractivity contribution in [3.05, 3.63) is 0 Å². The van der Waals surface area contributed by atoms with Crippen LogP contribution < -0.4 is 5.32 Å². The van der Waals surface area contributed by atoms with Crippen LogP contribution >= 0.6 is 7.82 Å². The van der Waals surface area contributed by atoms with E-state index in [1.807, 2.05) is 0 Å². The number of hydrogen-bond acceptors (Lipinski definition) is 4. The molecule has 0 rings (SSSR count). The quantitative estimate of drug-likeness (QED) is 0.0361. The second-order valence-corrected chi connectivity index (χ2v) is 18.0. The standard InChI is InChI=1S/C46H94NO6P/c1-3-5-7-9-11-13-15-16-17-18-19-20-21-22-23-24-25-26-27-28-29-30-31-32-34-36-38-40-42-46(49)47-44(43-53-54(50,51)52)45(48)41-39-37-35-33-14-12-10-8-6-4-2/h44-45,48H,3-43H2,1-2H3,(H,47,49)(H2,50,51,52)/t44-,45+/m0/s1. The molecular weight excluding hydrogens is 693 g/mol. The predicted octanol–water partition coefficient (Wildman–Crippen LogP) is 14.6. The number of aliphatic hydroxyl groups is 1. The zero-order valence-electron chi connectivity index (χ0n) is 36.2. The summed E-state index contributed by atoms with van der Waals surface area (Å²) < 4.78 is 15.9. The summed E-state index contributed by atoms with van der Waals surface area (Å²) in [6.07, 6.45) is 49.8. The van der Waals surface area contributed by atoms with Gasteiger partial charge in [0.15, 0.2) is 0 Å². The summed E-state index contributed by atoms with van der Waals surface area (Å²) >= 11 is 0. The molecule has 324 valence electrons. The van der Waals surface area contributed by atoms with Gasteiger partial charge in [-0.3, -0.25) is 9.32 Å². The van der Waals surface area contributed by atoms with E-state index in [2.05, 4.69) is 23.7 Å². The molecule has 0 saturated heterocycles. The number of nitrogens with one attached hydrogen (secondary N) is 1. The molecule has 0 aromatic carbocycles. The molecule has 0 aliphatic rings. The van der Waals surface area contributed by atoms with Gasteiger partial charge in [-0.05, 0) is 12.8 Å². The summed E-state index contributed by atoms with van der Waals surface area (Å²) in [6, 6.07) is -0.817. The highest BCUT2D eigenvalue weighted by Crippen LogP contribution is 2.36. The van der Waals surface area contributed by atoms with Crippen molar-refractivity contribution in [1.29, 1.82) is 0 Å². The van der Waals surface area contributed by atoms with Crippen LogP contribution in [-0.2, 0) is 13.9 Å². The molecule has 0 aliphatic carbocycles. The van der Waals surface area contributed by atoms with Crippen LogP contribution in [0, 0.1) is 0 Å². The van der Waals surface area contributed by atoms with Gasteiger partial charge in [0.2, 0.25) is 5.91 Å². The summed E-state index contributed by atoms with van der Waals surface area (Å²) in [5, 5.41) is 13.5. The van der Waals surface area contributed by atoms with E-state index in [1.54, 1.807) is 0 Å². The van der Waals surface area contributed by atoms with Crippen molar-refractivity contribution < 1.29 is 28.8 Å². The Hall–Kier alpha value is -0.460. The van der Waals surface area contributed by atoms with Crippen LogP contribution in [0.2, 0.25) is 0 Å². The predicted molar refractivity (Wildman–Crippen MR) is 232 cm³/mol. The first-order valence-electron chi connectivity index (χ1n) is 24.0. The van der Waals surface area contributed by atoms with E-state index in [-0.39, 0.29) is 5.91 Å². The largest absolute Gasteiger partial charge is 0.469 e. The average molecular weight is 788 g/mol. The molecule has 2 atom stereocenters. The van der Waals surface area contributed by atoms with Crippen LogP contribution in [0.5, 0.6) is 0 Å². The Balaban J connectivity index is 3.64. The lowest BCUT2D eigenvalue weighted by Crippen LogP contribution is -2.46. The zero-order valence-corrected chi connectivity index (χ0v) is 37.1. The van der Waals surface area contributed by atoms with Crippen molar-refractivity contribution in [2.24, 2.45) is 0 Å². The molecule has 8 heteroatoms. The monoisotopic (exact) mass is 788 g/mol. The number of phosphoric acid groups is 1. The van der Waals surface area contributed by atoms with Crippen molar-refractivity contribution in [2.75, 3.05) is 6.61 Å². The first-order chi connectivity index (χ1) is 26.3.